The van der Waals surface area contributed by atoms with Gasteiger partial charge in [0.15, 0.2) is 0 Å². The predicted molar refractivity (Wildman–Crippen MR) is 51.8 cm³/mol. The number of hydrogen-bond donors (Lipinski definition) is 1. The first-order valence-electron chi connectivity index (χ1n) is 2.98. The van der Waals surface area contributed by atoms with Crippen LogP contribution in [0.1, 0.15) is 0 Å². The molecule has 0 amide bonds. The van der Waals surface area contributed by atoms with Crippen LogP contribution in [0.2, 0.25) is 0 Å². The highest BCUT2D eigenvalue weighted by molar-refractivity contribution is 8.43. The summed E-state index contributed by atoms with van der Waals surface area (Å²) in [5, 5.41) is 0. The van der Waals surface area contributed by atoms with E-state index in [0.717, 1.165) is 4.90 Å². The van der Waals surface area contributed by atoms with Gasteiger partial charge < -0.3 is 0 Å². The third-order valence-corrected chi connectivity index (χ3v) is 3.43. The van der Waals surface area contributed by atoms with Gasteiger partial charge in [0.05, 0.1) is 4.90 Å². The van der Waals surface area contributed by atoms with E-state index < -0.39 is 10.1 Å². The summed E-state index contributed by atoms with van der Waals surface area (Å²) in [5.74, 6) is 0. The zero-order valence-electron chi connectivity index (χ0n) is 5.97. The molecular weight excluding hydrogens is 215 g/mol. The zero-order valence-corrected chi connectivity index (χ0v) is 8.75. The lowest BCUT2D eigenvalue weighted by Crippen LogP contribution is -1.97. The van der Waals surface area contributed by atoms with Crippen LogP contribution in [0.4, 0.5) is 0 Å². The summed E-state index contributed by atoms with van der Waals surface area (Å²) in [6, 6.07) is 6.09. The molecule has 1 aromatic carbocycles. The van der Waals surface area contributed by atoms with Gasteiger partial charge in [0, 0.05) is 4.90 Å². The molecule has 1 unspecified atom stereocenters. The van der Waals surface area contributed by atoms with E-state index in [9.17, 15) is 8.42 Å². The number of rotatable bonds is 2. The molecule has 0 fully saturated rings. The minimum atomic E-state index is -4.06. The summed E-state index contributed by atoms with van der Waals surface area (Å²) in [4.78, 5) is 0.699. The molecule has 0 radical (unpaired) electrons. The maximum atomic E-state index is 10.6. The molecule has 0 bridgehead atoms. The Morgan fingerprint density at radius 1 is 1.42 bits per heavy atom. The Kier molecular flexibility index (Phi) is 3.12. The molecular formula is C6H7O3PS2. The van der Waals surface area contributed by atoms with E-state index in [1.807, 2.05) is 0 Å². The van der Waals surface area contributed by atoms with Gasteiger partial charge in [0.2, 0.25) is 0 Å². The van der Waals surface area contributed by atoms with E-state index >= 15 is 0 Å². The summed E-state index contributed by atoms with van der Waals surface area (Å²) in [5.41, 5.74) is 0. The van der Waals surface area contributed by atoms with E-state index in [4.69, 9.17) is 4.55 Å². The van der Waals surface area contributed by atoms with E-state index in [-0.39, 0.29) is 4.90 Å². The van der Waals surface area contributed by atoms with Gasteiger partial charge in [-0.05, 0) is 18.2 Å². The second kappa shape index (κ2) is 3.75. The second-order valence-electron chi connectivity index (χ2n) is 2.07. The average molecular weight is 222 g/mol. The van der Waals surface area contributed by atoms with Gasteiger partial charge in [-0.1, -0.05) is 14.5 Å². The Balaban J connectivity index is 3.20. The van der Waals surface area contributed by atoms with Crippen molar-refractivity contribution in [1.29, 1.82) is 0 Å². The van der Waals surface area contributed by atoms with Crippen molar-refractivity contribution in [3.8, 4) is 0 Å². The number of benzene rings is 1. The molecule has 0 heterocycles. The molecule has 1 N–H and O–H groups in total. The van der Waals surface area contributed by atoms with Crippen LogP contribution in [0.5, 0.6) is 0 Å². The first-order valence-corrected chi connectivity index (χ1v) is 6.72. The topological polar surface area (TPSA) is 54.4 Å². The molecule has 0 spiro atoms. The van der Waals surface area contributed by atoms with Crippen molar-refractivity contribution in [3.63, 3.8) is 0 Å². The van der Waals surface area contributed by atoms with Gasteiger partial charge >= 0.3 is 0 Å². The van der Waals surface area contributed by atoms with Crippen LogP contribution in [-0.4, -0.2) is 13.0 Å². The third kappa shape index (κ3) is 2.45. The van der Waals surface area contributed by atoms with E-state index in [2.05, 4.69) is 8.44 Å². The molecule has 0 aliphatic carbocycles. The van der Waals surface area contributed by atoms with Gasteiger partial charge in [-0.3, -0.25) is 4.55 Å². The van der Waals surface area contributed by atoms with Crippen LogP contribution in [0.25, 0.3) is 0 Å². The Labute approximate surface area is 77.3 Å². The molecule has 0 saturated heterocycles. The minimum absolute atomic E-state index is 0.0741. The van der Waals surface area contributed by atoms with E-state index in [1.54, 1.807) is 12.1 Å². The maximum Gasteiger partial charge on any atom is 0.294 e. The van der Waals surface area contributed by atoms with E-state index in [1.165, 1.54) is 23.5 Å². The standard InChI is InChI=1S/C6H7O3PS2/c7-12(8,9)6-3-1-2-5(4-6)11-10/h1-4H,10H2,(H,7,8,9). The molecule has 1 aromatic rings. The lowest BCUT2D eigenvalue weighted by atomic mass is 10.4. The summed E-state index contributed by atoms with van der Waals surface area (Å²) in [6.07, 6.45) is 0. The highest BCUT2D eigenvalue weighted by Gasteiger charge is 2.08. The molecule has 0 saturated carbocycles. The molecule has 0 aliphatic rings. The van der Waals surface area contributed by atoms with Crippen LogP contribution < -0.4 is 0 Å². The summed E-state index contributed by atoms with van der Waals surface area (Å²) >= 11 is 1.34. The molecule has 66 valence electrons. The van der Waals surface area contributed by atoms with Gasteiger partial charge in [0.25, 0.3) is 10.1 Å². The smallest absolute Gasteiger partial charge is 0.282 e. The van der Waals surface area contributed by atoms with Gasteiger partial charge in [0.1, 0.15) is 0 Å². The van der Waals surface area contributed by atoms with Crippen molar-refractivity contribution in [1.82, 2.24) is 0 Å². The summed E-state index contributed by atoms with van der Waals surface area (Å²) < 4.78 is 29.9. The van der Waals surface area contributed by atoms with Crippen LogP contribution >= 0.6 is 19.8 Å². The molecule has 1 atom stereocenters. The zero-order chi connectivity index (χ0) is 9.19. The van der Waals surface area contributed by atoms with Gasteiger partial charge in [-0.15, -0.1) is 11.4 Å². The second-order valence-corrected chi connectivity index (χ2v) is 4.90. The third-order valence-electron chi connectivity index (χ3n) is 1.24. The summed E-state index contributed by atoms with van der Waals surface area (Å²) in [7, 11) is -1.66. The Hall–Kier alpha value is -0.0900. The Morgan fingerprint density at radius 2 is 2.08 bits per heavy atom. The highest BCUT2D eigenvalue weighted by Crippen LogP contribution is 2.26. The highest BCUT2D eigenvalue weighted by atomic mass is 32.7. The largest absolute Gasteiger partial charge is 0.294 e. The molecule has 6 heteroatoms. The Morgan fingerprint density at radius 3 is 2.58 bits per heavy atom. The maximum absolute atomic E-state index is 10.6. The fraction of sp³-hybridized carbons (Fsp3) is 0. The first-order chi connectivity index (χ1) is 5.54. The fourth-order valence-electron chi connectivity index (χ4n) is 0.708. The van der Waals surface area contributed by atoms with Crippen molar-refractivity contribution >= 4 is 29.9 Å². The minimum Gasteiger partial charge on any atom is -0.282 e. The monoisotopic (exact) mass is 222 g/mol. The van der Waals surface area contributed by atoms with Crippen LogP contribution in [0.3, 0.4) is 0 Å². The molecule has 1 rings (SSSR count). The van der Waals surface area contributed by atoms with Crippen molar-refractivity contribution in [3.05, 3.63) is 24.3 Å². The molecule has 12 heavy (non-hydrogen) atoms. The Bertz CT molecular complexity index is 374. The predicted octanol–water partition coefficient (Wildman–Crippen LogP) is 1.82. The van der Waals surface area contributed by atoms with E-state index in [0.29, 0.717) is 0 Å². The van der Waals surface area contributed by atoms with Crippen LogP contribution in [0, 0.1) is 0 Å². The molecule has 3 nitrogen and oxygen atoms in total. The fourth-order valence-corrected chi connectivity index (χ4v) is 2.10. The van der Waals surface area contributed by atoms with Crippen LogP contribution in [-0.2, 0) is 10.1 Å². The first kappa shape index (κ1) is 9.99. The van der Waals surface area contributed by atoms with Crippen molar-refractivity contribution in [2.45, 2.75) is 9.79 Å². The quantitative estimate of drug-likeness (QED) is 0.612. The van der Waals surface area contributed by atoms with Crippen molar-refractivity contribution in [2.24, 2.45) is 0 Å². The SMILES string of the molecule is O=S(=O)(O)c1cccc(SP)c1. The lowest BCUT2D eigenvalue weighted by molar-refractivity contribution is 0.483. The van der Waals surface area contributed by atoms with Gasteiger partial charge in [-0.25, -0.2) is 0 Å². The summed E-state index contributed by atoms with van der Waals surface area (Å²) in [6.45, 7) is 0. The van der Waals surface area contributed by atoms with Crippen molar-refractivity contribution < 1.29 is 13.0 Å². The van der Waals surface area contributed by atoms with Crippen LogP contribution in [0.15, 0.2) is 34.1 Å². The van der Waals surface area contributed by atoms with Crippen molar-refractivity contribution in [2.75, 3.05) is 0 Å². The molecule has 0 aliphatic heterocycles. The lowest BCUT2D eigenvalue weighted by Gasteiger charge is -1.98. The number of hydrogen-bond acceptors (Lipinski definition) is 3. The molecule has 0 aromatic heterocycles. The average Bonchev–Trinajstić information content (AvgIpc) is 2.03. The normalized spacial score (nSPS) is 11.5. The van der Waals surface area contributed by atoms with Gasteiger partial charge in [-0.2, -0.15) is 8.42 Å².